The highest BCUT2D eigenvalue weighted by Crippen LogP contribution is 2.34. The molecule has 1 aromatic heterocycles. The molecular weight excluding hydrogens is 470 g/mol. The van der Waals surface area contributed by atoms with Gasteiger partial charge in [-0.15, -0.1) is 11.8 Å². The molecular formula is C24H19ClF2N2O3S. The number of carbonyl (C=O) groups is 1. The maximum atomic E-state index is 12.9. The van der Waals surface area contributed by atoms with E-state index in [1.807, 2.05) is 31.2 Å². The van der Waals surface area contributed by atoms with Crippen molar-refractivity contribution in [1.29, 1.82) is 0 Å². The number of alkyl halides is 2. The molecule has 5 nitrogen and oxygen atoms in total. The van der Waals surface area contributed by atoms with Crippen LogP contribution < -0.4 is 4.74 Å². The Hall–Kier alpha value is -3.10. The van der Waals surface area contributed by atoms with Gasteiger partial charge in [-0.25, -0.2) is 18.3 Å². The van der Waals surface area contributed by atoms with Crippen molar-refractivity contribution >= 4 is 40.2 Å². The molecule has 0 bridgehead atoms. The number of benzene rings is 3. The lowest BCUT2D eigenvalue weighted by molar-refractivity contribution is -0.139. The summed E-state index contributed by atoms with van der Waals surface area (Å²) >= 11 is 8.05. The summed E-state index contributed by atoms with van der Waals surface area (Å²) in [5.41, 5.74) is 3.00. The maximum absolute atomic E-state index is 12.9. The standard InChI is InChI=1S/C24H19ClF2N2O3S/c1-14-11-17(9-10-21(14)32-12-22(30)31)33-13-19-23-18(25)3-2-4-20(23)29(28-19)16-7-5-15(6-8-16)24(26)27/h2-11,24H,12-13H2,1H3,(H,30,31). The predicted octanol–water partition coefficient (Wildman–Crippen LogP) is 6.68. The van der Waals surface area contributed by atoms with Gasteiger partial charge in [-0.3, -0.25) is 0 Å². The van der Waals surface area contributed by atoms with Gasteiger partial charge in [0.1, 0.15) is 5.75 Å². The van der Waals surface area contributed by atoms with Crippen LogP contribution in [0, 0.1) is 6.92 Å². The molecule has 0 aliphatic heterocycles. The van der Waals surface area contributed by atoms with Crippen LogP contribution in [0.3, 0.4) is 0 Å². The van der Waals surface area contributed by atoms with E-state index in [0.29, 0.717) is 22.2 Å². The zero-order chi connectivity index (χ0) is 23.5. The van der Waals surface area contributed by atoms with E-state index in [-0.39, 0.29) is 5.56 Å². The summed E-state index contributed by atoms with van der Waals surface area (Å²) in [6.07, 6.45) is -2.53. The highest BCUT2D eigenvalue weighted by Gasteiger charge is 2.16. The molecule has 0 spiro atoms. The van der Waals surface area contributed by atoms with Crippen LogP contribution in [0.25, 0.3) is 16.6 Å². The van der Waals surface area contributed by atoms with Gasteiger partial charge in [0.25, 0.3) is 6.43 Å². The number of hydrogen-bond acceptors (Lipinski definition) is 4. The second-order valence-corrected chi connectivity index (χ2v) is 8.74. The Kier molecular flexibility index (Phi) is 6.85. The first kappa shape index (κ1) is 23.1. The molecule has 170 valence electrons. The molecule has 1 N–H and O–H groups in total. The average Bonchev–Trinajstić information content (AvgIpc) is 3.17. The summed E-state index contributed by atoms with van der Waals surface area (Å²) in [6, 6.07) is 17.1. The normalized spacial score (nSPS) is 11.3. The van der Waals surface area contributed by atoms with Crippen molar-refractivity contribution in [3.05, 3.63) is 82.5 Å². The van der Waals surface area contributed by atoms with Crippen molar-refractivity contribution in [3.8, 4) is 11.4 Å². The summed E-state index contributed by atoms with van der Waals surface area (Å²) in [5.74, 6) is 0.0136. The van der Waals surface area contributed by atoms with Crippen molar-refractivity contribution in [3.63, 3.8) is 0 Å². The lowest BCUT2D eigenvalue weighted by atomic mass is 10.2. The first-order chi connectivity index (χ1) is 15.8. The minimum Gasteiger partial charge on any atom is -0.482 e. The summed E-state index contributed by atoms with van der Waals surface area (Å²) in [7, 11) is 0. The van der Waals surface area contributed by atoms with Crippen LogP contribution in [-0.4, -0.2) is 27.5 Å². The van der Waals surface area contributed by atoms with Gasteiger partial charge in [0.2, 0.25) is 0 Å². The van der Waals surface area contributed by atoms with Crippen LogP contribution in [-0.2, 0) is 10.5 Å². The van der Waals surface area contributed by atoms with Crippen LogP contribution in [0.5, 0.6) is 5.75 Å². The highest BCUT2D eigenvalue weighted by atomic mass is 35.5. The third-order valence-electron chi connectivity index (χ3n) is 4.99. The van der Waals surface area contributed by atoms with E-state index in [4.69, 9.17) is 26.5 Å². The van der Waals surface area contributed by atoms with Crippen LogP contribution >= 0.6 is 23.4 Å². The van der Waals surface area contributed by atoms with Crippen LogP contribution in [0.15, 0.2) is 65.6 Å². The first-order valence-electron chi connectivity index (χ1n) is 9.96. The Labute approximate surface area is 197 Å². The molecule has 0 fully saturated rings. The van der Waals surface area contributed by atoms with Gasteiger partial charge in [-0.05, 0) is 55.0 Å². The molecule has 9 heteroatoms. The molecule has 0 amide bonds. The van der Waals surface area contributed by atoms with Crippen molar-refractivity contribution in [1.82, 2.24) is 9.78 Å². The molecule has 1 heterocycles. The number of aliphatic carboxylic acids is 1. The number of fused-ring (bicyclic) bond motifs is 1. The Balaban J connectivity index is 1.61. The molecule has 0 saturated carbocycles. The van der Waals surface area contributed by atoms with E-state index in [9.17, 15) is 13.6 Å². The van der Waals surface area contributed by atoms with Gasteiger partial charge < -0.3 is 9.84 Å². The Morgan fingerprint density at radius 2 is 1.94 bits per heavy atom. The van der Waals surface area contributed by atoms with Crippen molar-refractivity contribution < 1.29 is 23.4 Å². The van der Waals surface area contributed by atoms with Crippen LogP contribution in [0.2, 0.25) is 5.02 Å². The monoisotopic (exact) mass is 488 g/mol. The fourth-order valence-electron chi connectivity index (χ4n) is 3.42. The lowest BCUT2D eigenvalue weighted by Crippen LogP contribution is -2.09. The number of aromatic nitrogens is 2. The predicted molar refractivity (Wildman–Crippen MR) is 125 cm³/mol. The van der Waals surface area contributed by atoms with Gasteiger partial charge in [0.15, 0.2) is 6.61 Å². The number of rotatable bonds is 8. The Morgan fingerprint density at radius 3 is 2.61 bits per heavy atom. The molecule has 0 atom stereocenters. The van der Waals surface area contributed by atoms with E-state index < -0.39 is 19.0 Å². The fourth-order valence-corrected chi connectivity index (χ4v) is 4.63. The van der Waals surface area contributed by atoms with E-state index in [2.05, 4.69) is 0 Å². The van der Waals surface area contributed by atoms with Crippen LogP contribution in [0.4, 0.5) is 8.78 Å². The third kappa shape index (κ3) is 5.12. The van der Waals surface area contributed by atoms with E-state index in [0.717, 1.165) is 27.1 Å². The lowest BCUT2D eigenvalue weighted by Gasteiger charge is -2.08. The van der Waals surface area contributed by atoms with Gasteiger partial charge in [0.05, 0.1) is 21.9 Å². The minimum atomic E-state index is -2.53. The number of thioether (sulfide) groups is 1. The molecule has 33 heavy (non-hydrogen) atoms. The number of carboxylic acids is 1. The van der Waals surface area contributed by atoms with Gasteiger partial charge in [0, 0.05) is 21.6 Å². The number of ether oxygens (including phenoxy) is 1. The van der Waals surface area contributed by atoms with Crippen molar-refractivity contribution in [2.45, 2.75) is 24.0 Å². The maximum Gasteiger partial charge on any atom is 0.341 e. The molecule has 0 radical (unpaired) electrons. The van der Waals surface area contributed by atoms with Crippen molar-refractivity contribution in [2.24, 2.45) is 0 Å². The average molecular weight is 489 g/mol. The first-order valence-corrected chi connectivity index (χ1v) is 11.3. The highest BCUT2D eigenvalue weighted by molar-refractivity contribution is 7.98. The summed E-state index contributed by atoms with van der Waals surface area (Å²) in [5, 5.41) is 14.9. The largest absolute Gasteiger partial charge is 0.482 e. The van der Waals surface area contributed by atoms with Crippen molar-refractivity contribution in [2.75, 3.05) is 6.61 Å². The molecule has 0 saturated heterocycles. The van der Waals surface area contributed by atoms with E-state index >= 15 is 0 Å². The molecule has 0 aliphatic carbocycles. The number of carboxylic acid groups (broad SMARTS) is 1. The second kappa shape index (κ2) is 9.80. The Morgan fingerprint density at radius 1 is 1.18 bits per heavy atom. The summed E-state index contributed by atoms with van der Waals surface area (Å²) < 4.78 is 32.8. The zero-order valence-corrected chi connectivity index (χ0v) is 19.0. The zero-order valence-electron chi connectivity index (χ0n) is 17.5. The second-order valence-electron chi connectivity index (χ2n) is 7.28. The number of hydrogen-bond donors (Lipinski definition) is 1. The minimum absolute atomic E-state index is 0.0461. The summed E-state index contributed by atoms with van der Waals surface area (Å²) in [6.45, 7) is 1.46. The molecule has 3 aromatic carbocycles. The van der Waals surface area contributed by atoms with E-state index in [1.54, 1.807) is 40.7 Å². The number of halogens is 3. The van der Waals surface area contributed by atoms with Gasteiger partial charge in [-0.1, -0.05) is 29.8 Å². The van der Waals surface area contributed by atoms with Gasteiger partial charge >= 0.3 is 5.97 Å². The molecule has 4 rings (SSSR count). The third-order valence-corrected chi connectivity index (χ3v) is 6.31. The smallest absolute Gasteiger partial charge is 0.341 e. The van der Waals surface area contributed by atoms with E-state index in [1.165, 1.54) is 12.1 Å². The summed E-state index contributed by atoms with van der Waals surface area (Å²) in [4.78, 5) is 11.7. The Bertz CT molecular complexity index is 1310. The molecule has 0 aliphatic rings. The van der Waals surface area contributed by atoms with Crippen LogP contribution in [0.1, 0.15) is 23.2 Å². The SMILES string of the molecule is Cc1cc(SCc2nn(-c3ccc(C(F)F)cc3)c3cccc(Cl)c23)ccc1OCC(=O)O. The fraction of sp³-hybridized carbons (Fsp3) is 0.167. The topological polar surface area (TPSA) is 64.4 Å². The quantitative estimate of drug-likeness (QED) is 0.280. The van der Waals surface area contributed by atoms with Gasteiger partial charge in [-0.2, -0.15) is 5.10 Å². The number of aryl methyl sites for hydroxylation is 1. The molecule has 4 aromatic rings. The molecule has 0 unspecified atom stereocenters. The number of nitrogens with zero attached hydrogens (tertiary/aromatic N) is 2.